The van der Waals surface area contributed by atoms with Gasteiger partial charge < -0.3 is 14.3 Å². The Kier molecular flexibility index (Phi) is 4.95. The fourth-order valence-electron chi connectivity index (χ4n) is 3.99. The summed E-state index contributed by atoms with van der Waals surface area (Å²) < 4.78 is 9.08. The molecule has 0 aliphatic carbocycles. The fourth-order valence-corrected chi connectivity index (χ4v) is 5.33. The van der Waals surface area contributed by atoms with Crippen molar-refractivity contribution in [3.63, 3.8) is 0 Å². The number of anilines is 1. The van der Waals surface area contributed by atoms with E-state index in [0.717, 1.165) is 32.8 Å². The molecule has 0 aliphatic rings. The fraction of sp³-hybridized carbons (Fsp3) is 0.0833. The van der Waals surface area contributed by atoms with Crippen LogP contribution in [-0.4, -0.2) is 10.5 Å². The molecule has 7 heteroatoms. The Labute approximate surface area is 193 Å². The monoisotopic (exact) mass is 538 g/mol. The number of hydrogen-bond donors (Lipinski definition) is 1. The molecule has 5 rings (SSSR count). The molecule has 1 amide bonds. The van der Waals surface area contributed by atoms with Crippen molar-refractivity contribution in [2.24, 2.45) is 0 Å². The van der Waals surface area contributed by atoms with E-state index in [1.165, 1.54) is 0 Å². The van der Waals surface area contributed by atoms with Crippen LogP contribution in [0, 0.1) is 0 Å². The minimum Gasteiger partial charge on any atom is -0.421 e. The Hall–Kier alpha value is -2.90. The molecule has 31 heavy (non-hydrogen) atoms. The van der Waals surface area contributed by atoms with Crippen molar-refractivity contribution in [1.29, 1.82) is 0 Å². The van der Waals surface area contributed by atoms with E-state index in [1.54, 1.807) is 18.2 Å². The molecule has 1 N–H and O–H groups in total. The van der Waals surface area contributed by atoms with Crippen molar-refractivity contribution in [2.75, 3.05) is 5.32 Å². The van der Waals surface area contributed by atoms with Gasteiger partial charge in [-0.3, -0.25) is 4.79 Å². The van der Waals surface area contributed by atoms with Gasteiger partial charge in [0.15, 0.2) is 5.58 Å². The van der Waals surface area contributed by atoms with Gasteiger partial charge in [-0.1, -0.05) is 34.1 Å². The summed E-state index contributed by atoms with van der Waals surface area (Å²) in [5.41, 5.74) is 2.53. The largest absolute Gasteiger partial charge is 0.421 e. The molecule has 0 spiro atoms. The van der Waals surface area contributed by atoms with Crippen molar-refractivity contribution >= 4 is 76.2 Å². The molecule has 0 aliphatic heterocycles. The van der Waals surface area contributed by atoms with Crippen LogP contribution in [0.25, 0.3) is 32.8 Å². The highest BCUT2D eigenvalue weighted by atomic mass is 79.9. The zero-order chi connectivity index (χ0) is 21.7. The van der Waals surface area contributed by atoms with Gasteiger partial charge in [0, 0.05) is 43.9 Å². The van der Waals surface area contributed by atoms with Crippen LogP contribution in [0.2, 0.25) is 0 Å². The van der Waals surface area contributed by atoms with Crippen LogP contribution >= 0.6 is 31.9 Å². The number of carbonyl (C=O) groups is 1. The second kappa shape index (κ2) is 7.66. The third-order valence-electron chi connectivity index (χ3n) is 5.34. The Morgan fingerprint density at radius 1 is 1.00 bits per heavy atom. The van der Waals surface area contributed by atoms with E-state index < -0.39 is 11.5 Å². The first-order valence-corrected chi connectivity index (χ1v) is 11.3. The molecule has 3 aromatic carbocycles. The van der Waals surface area contributed by atoms with Crippen LogP contribution in [0.5, 0.6) is 0 Å². The van der Waals surface area contributed by atoms with Crippen LogP contribution in [-0.2, 0) is 6.54 Å². The van der Waals surface area contributed by atoms with Gasteiger partial charge in [-0.2, -0.15) is 0 Å². The molecule has 2 aromatic heterocycles. The predicted octanol–water partition coefficient (Wildman–Crippen LogP) is 6.70. The van der Waals surface area contributed by atoms with Gasteiger partial charge in [0.2, 0.25) is 0 Å². The number of aromatic nitrogens is 1. The highest BCUT2D eigenvalue weighted by Crippen LogP contribution is 2.31. The van der Waals surface area contributed by atoms with Crippen LogP contribution in [0.3, 0.4) is 0 Å². The quantitative estimate of drug-likeness (QED) is 0.259. The molecule has 2 heterocycles. The van der Waals surface area contributed by atoms with Gasteiger partial charge in [0.1, 0.15) is 5.56 Å². The van der Waals surface area contributed by atoms with Crippen LogP contribution < -0.4 is 10.9 Å². The van der Waals surface area contributed by atoms with Crippen molar-refractivity contribution < 1.29 is 9.21 Å². The van der Waals surface area contributed by atoms with Gasteiger partial charge in [0.25, 0.3) is 5.91 Å². The van der Waals surface area contributed by atoms with Gasteiger partial charge in [-0.15, -0.1) is 0 Å². The molecule has 0 saturated carbocycles. The van der Waals surface area contributed by atoms with Gasteiger partial charge in [0.05, 0.1) is 4.47 Å². The SMILES string of the molecule is CCn1c2ccccc2c2cc(NC(=O)c3cc4cc(Br)cc(Br)c4oc3=O)ccc21. The lowest BCUT2D eigenvalue weighted by Gasteiger charge is -2.07. The van der Waals surface area contributed by atoms with Gasteiger partial charge >= 0.3 is 5.63 Å². The van der Waals surface area contributed by atoms with E-state index in [9.17, 15) is 9.59 Å². The molecule has 0 atom stereocenters. The first-order valence-electron chi connectivity index (χ1n) is 9.71. The minimum atomic E-state index is -0.684. The number of para-hydroxylation sites is 1. The Morgan fingerprint density at radius 3 is 2.58 bits per heavy atom. The van der Waals surface area contributed by atoms with Crippen LogP contribution in [0.15, 0.2) is 78.8 Å². The molecular weight excluding hydrogens is 524 g/mol. The summed E-state index contributed by atoms with van der Waals surface area (Å²) in [4.78, 5) is 25.4. The number of nitrogens with one attached hydrogen (secondary N) is 1. The zero-order valence-corrected chi connectivity index (χ0v) is 19.6. The second-order valence-electron chi connectivity index (χ2n) is 7.20. The van der Waals surface area contributed by atoms with Crippen molar-refractivity contribution in [1.82, 2.24) is 4.57 Å². The number of rotatable bonds is 3. The lowest BCUT2D eigenvalue weighted by molar-refractivity contribution is 0.102. The van der Waals surface area contributed by atoms with Crippen molar-refractivity contribution in [2.45, 2.75) is 13.5 Å². The normalized spacial score (nSPS) is 11.5. The summed E-state index contributed by atoms with van der Waals surface area (Å²) in [7, 11) is 0. The summed E-state index contributed by atoms with van der Waals surface area (Å²) in [6.45, 7) is 2.95. The predicted molar refractivity (Wildman–Crippen MR) is 131 cm³/mol. The minimum absolute atomic E-state index is 0.0476. The zero-order valence-electron chi connectivity index (χ0n) is 16.4. The van der Waals surface area contributed by atoms with E-state index in [1.807, 2.05) is 30.3 Å². The number of aryl methyl sites for hydroxylation is 1. The second-order valence-corrected chi connectivity index (χ2v) is 8.97. The number of hydrogen-bond acceptors (Lipinski definition) is 3. The number of fused-ring (bicyclic) bond motifs is 4. The van der Waals surface area contributed by atoms with Gasteiger partial charge in [-0.05, 0) is 65.3 Å². The highest BCUT2D eigenvalue weighted by Gasteiger charge is 2.17. The number of carbonyl (C=O) groups excluding carboxylic acids is 1. The first-order chi connectivity index (χ1) is 15.0. The Bertz CT molecular complexity index is 1570. The van der Waals surface area contributed by atoms with E-state index in [-0.39, 0.29) is 5.56 Å². The first kappa shape index (κ1) is 20.0. The molecule has 5 aromatic rings. The summed E-state index contributed by atoms with van der Waals surface area (Å²) >= 11 is 6.80. The van der Waals surface area contributed by atoms with Crippen LogP contribution in [0.4, 0.5) is 5.69 Å². The molecule has 0 saturated heterocycles. The molecule has 0 unspecified atom stereocenters. The van der Waals surface area contributed by atoms with Crippen molar-refractivity contribution in [3.05, 3.63) is 85.6 Å². The standard InChI is InChI=1S/C24H16Br2N2O3/c1-2-28-20-6-4-3-5-16(20)17-12-15(7-8-21(17)28)27-23(29)18-10-13-9-14(25)11-19(26)22(13)31-24(18)30/h3-12H,2H2,1H3,(H,27,29). The molecule has 5 nitrogen and oxygen atoms in total. The number of amides is 1. The van der Waals surface area contributed by atoms with E-state index in [0.29, 0.717) is 21.1 Å². The van der Waals surface area contributed by atoms with E-state index >= 15 is 0 Å². The van der Waals surface area contributed by atoms with E-state index in [4.69, 9.17) is 4.42 Å². The highest BCUT2D eigenvalue weighted by molar-refractivity contribution is 9.11. The number of halogens is 2. The van der Waals surface area contributed by atoms with Gasteiger partial charge in [-0.25, -0.2) is 4.79 Å². The summed E-state index contributed by atoms with van der Waals surface area (Å²) in [5.74, 6) is -0.509. The van der Waals surface area contributed by atoms with E-state index in [2.05, 4.69) is 60.8 Å². The maximum atomic E-state index is 12.9. The average molecular weight is 540 g/mol. The molecule has 0 fully saturated rings. The number of nitrogens with zero attached hydrogens (tertiary/aromatic N) is 1. The molecular formula is C24H16Br2N2O3. The molecule has 0 radical (unpaired) electrons. The third kappa shape index (κ3) is 3.38. The maximum Gasteiger partial charge on any atom is 0.349 e. The lowest BCUT2D eigenvalue weighted by Crippen LogP contribution is -2.20. The third-order valence-corrected chi connectivity index (χ3v) is 6.39. The molecule has 154 valence electrons. The summed E-state index contributed by atoms with van der Waals surface area (Å²) in [6.07, 6.45) is 0. The number of benzene rings is 3. The Morgan fingerprint density at radius 2 is 1.77 bits per heavy atom. The average Bonchev–Trinajstić information content (AvgIpc) is 3.07. The Balaban J connectivity index is 1.57. The molecule has 0 bridgehead atoms. The van der Waals surface area contributed by atoms with Crippen LogP contribution in [0.1, 0.15) is 17.3 Å². The smallest absolute Gasteiger partial charge is 0.349 e. The maximum absolute atomic E-state index is 12.9. The lowest BCUT2D eigenvalue weighted by atomic mass is 10.1. The topological polar surface area (TPSA) is 64.2 Å². The summed E-state index contributed by atoms with van der Waals surface area (Å²) in [6, 6.07) is 19.1. The summed E-state index contributed by atoms with van der Waals surface area (Å²) in [5, 5.41) is 5.66. The van der Waals surface area contributed by atoms with Crippen molar-refractivity contribution in [3.8, 4) is 0 Å².